The average Bonchev–Trinajstić information content (AvgIpc) is 3.39. The number of carbonyl (C=O) groups excluding carboxylic acids is 8. The molecule has 0 aromatic heterocycles. The number of imide groups is 1. The highest BCUT2D eigenvalue weighted by Gasteiger charge is 2.33. The number of amides is 8. The number of ether oxygens (including phenoxy) is 1. The van der Waals surface area contributed by atoms with Gasteiger partial charge in [0.1, 0.15) is 30.5 Å². The minimum absolute atomic E-state index is 0.0428. The minimum atomic E-state index is -4.79. The summed E-state index contributed by atoms with van der Waals surface area (Å²) in [6.45, 7) is 3.84. The van der Waals surface area contributed by atoms with Crippen molar-refractivity contribution in [2.75, 3.05) is 25.4 Å². The van der Waals surface area contributed by atoms with E-state index in [2.05, 4.69) is 26.6 Å². The smallest absolute Gasteiger partial charge is 0.312 e. The van der Waals surface area contributed by atoms with Crippen molar-refractivity contribution < 1.29 is 56.1 Å². The van der Waals surface area contributed by atoms with Gasteiger partial charge in [-0.2, -0.15) is 8.42 Å². The molecule has 8 N–H and O–H groups in total. The first-order chi connectivity index (χ1) is 24.5. The summed E-state index contributed by atoms with van der Waals surface area (Å²) in [4.78, 5) is 98.7. The summed E-state index contributed by atoms with van der Waals surface area (Å²) in [5.74, 6) is -5.86. The maximum absolute atomic E-state index is 13.5. The van der Waals surface area contributed by atoms with Gasteiger partial charge in [0.25, 0.3) is 28.4 Å². The van der Waals surface area contributed by atoms with Gasteiger partial charge >= 0.3 is 6.03 Å². The summed E-state index contributed by atoms with van der Waals surface area (Å²) in [5, 5.41) is 12.4. The van der Waals surface area contributed by atoms with Gasteiger partial charge in [0.05, 0.1) is 0 Å². The van der Waals surface area contributed by atoms with Gasteiger partial charge in [0.15, 0.2) is 0 Å². The predicted octanol–water partition coefficient (Wildman–Crippen LogP) is -1.19. The number of urea groups is 1. The summed E-state index contributed by atoms with van der Waals surface area (Å²) < 4.78 is 37.7. The molecule has 19 nitrogen and oxygen atoms in total. The van der Waals surface area contributed by atoms with E-state index in [1.165, 1.54) is 0 Å². The van der Waals surface area contributed by atoms with Crippen molar-refractivity contribution in [3.05, 3.63) is 35.6 Å². The number of allylic oxidation sites excluding steroid dienone is 3. The van der Waals surface area contributed by atoms with Gasteiger partial charge in [0, 0.05) is 37.4 Å². The topological polar surface area (TPSA) is 290 Å². The van der Waals surface area contributed by atoms with E-state index in [1.54, 1.807) is 26.0 Å². The van der Waals surface area contributed by atoms with Crippen LogP contribution in [0.2, 0.25) is 0 Å². The van der Waals surface area contributed by atoms with E-state index < -0.39 is 81.4 Å². The van der Waals surface area contributed by atoms with E-state index in [9.17, 15) is 51.3 Å². The Kier molecular flexibility index (Phi) is 17.6. The molecule has 1 heterocycles. The summed E-state index contributed by atoms with van der Waals surface area (Å²) in [5.41, 5.74) is 6.47. The normalized spacial score (nSPS) is 15.9. The monoisotopic (exact) mass is 753 g/mol. The standard InChI is InChI=1S/C32H47N7O12S/c1-20(2)28(31(46)37-23(7-6-15-34-32(33)47)29(44)35-22-11-9-21(10-12-22)17-51-19-40)38-30(45)24(18-52(48,49)50)36-25(41)8-4-3-5-16-39-26(42)13-14-27(39)43/h9,11,13-14,19-20,23-24,28H,3-8,10,12,15-18H2,1-2H3,(H,35,44)(H,36,41)(H,37,46)(H,38,45)(H3,33,34,47)(H,48,49,50)/t23-,24-,28-/m1/s1. The van der Waals surface area contributed by atoms with Crippen LogP contribution in [0.1, 0.15) is 65.2 Å². The lowest BCUT2D eigenvalue weighted by molar-refractivity contribution is -0.137. The van der Waals surface area contributed by atoms with Gasteiger partial charge in [-0.1, -0.05) is 26.3 Å². The molecule has 2 aliphatic rings. The van der Waals surface area contributed by atoms with Crippen molar-refractivity contribution in [3.8, 4) is 0 Å². The Morgan fingerprint density at radius 1 is 0.923 bits per heavy atom. The third kappa shape index (κ3) is 15.8. The SMILES string of the molecule is CC(C)[C@@H](NC(=O)[C@@H](CS(=O)(=O)O)NC(=O)CCCCCN1C(=O)C=CC1=O)C(=O)N[C@H](CCCNC(N)=O)C(=O)NC1=CC=C(COC=O)CC1. The lowest BCUT2D eigenvalue weighted by Gasteiger charge is -2.27. The minimum Gasteiger partial charge on any atom is -0.463 e. The third-order valence-corrected chi connectivity index (χ3v) is 8.67. The number of carbonyl (C=O) groups is 8. The van der Waals surface area contributed by atoms with Crippen molar-refractivity contribution in [2.45, 2.75) is 83.3 Å². The Bertz CT molecular complexity index is 1540. The first-order valence-corrected chi connectivity index (χ1v) is 18.3. The van der Waals surface area contributed by atoms with Crippen molar-refractivity contribution in [1.29, 1.82) is 0 Å². The molecule has 288 valence electrons. The number of primary amides is 1. The molecule has 3 atom stereocenters. The molecule has 0 unspecified atom stereocenters. The highest BCUT2D eigenvalue weighted by molar-refractivity contribution is 7.85. The van der Waals surface area contributed by atoms with Crippen LogP contribution in [0, 0.1) is 5.92 Å². The Balaban J connectivity index is 2.07. The molecular formula is C32H47N7O12S. The Morgan fingerprint density at radius 2 is 1.62 bits per heavy atom. The predicted molar refractivity (Wildman–Crippen MR) is 184 cm³/mol. The Morgan fingerprint density at radius 3 is 2.19 bits per heavy atom. The highest BCUT2D eigenvalue weighted by Crippen LogP contribution is 2.17. The van der Waals surface area contributed by atoms with Gasteiger partial charge in [0.2, 0.25) is 23.6 Å². The van der Waals surface area contributed by atoms with E-state index in [-0.39, 0.29) is 45.4 Å². The number of hydrogen-bond acceptors (Lipinski definition) is 11. The highest BCUT2D eigenvalue weighted by atomic mass is 32.2. The zero-order chi connectivity index (χ0) is 38.8. The molecule has 0 aromatic rings. The quantitative estimate of drug-likeness (QED) is 0.0281. The van der Waals surface area contributed by atoms with Crippen LogP contribution in [0.15, 0.2) is 35.6 Å². The van der Waals surface area contributed by atoms with Gasteiger partial charge in [-0.15, -0.1) is 0 Å². The lowest BCUT2D eigenvalue weighted by atomic mass is 10.0. The van der Waals surface area contributed by atoms with E-state index in [4.69, 9.17) is 10.5 Å². The number of nitrogens with two attached hydrogens (primary N) is 1. The van der Waals surface area contributed by atoms with Gasteiger partial charge in [-0.05, 0) is 56.1 Å². The molecule has 8 amide bonds. The number of rotatable bonds is 23. The Hall–Kier alpha value is -5.11. The van der Waals surface area contributed by atoms with Crippen molar-refractivity contribution >= 4 is 58.1 Å². The fraction of sp³-hybridized carbons (Fsp3) is 0.562. The lowest BCUT2D eigenvalue weighted by Crippen LogP contribution is -2.59. The van der Waals surface area contributed by atoms with Crippen LogP contribution in [0.3, 0.4) is 0 Å². The third-order valence-electron chi connectivity index (χ3n) is 7.92. The molecule has 52 heavy (non-hydrogen) atoms. The van der Waals surface area contributed by atoms with Crippen molar-refractivity contribution in [3.63, 3.8) is 0 Å². The van der Waals surface area contributed by atoms with Gasteiger partial charge in [-0.3, -0.25) is 43.0 Å². The van der Waals surface area contributed by atoms with Crippen LogP contribution in [0.5, 0.6) is 0 Å². The van der Waals surface area contributed by atoms with Crippen LogP contribution in [0.25, 0.3) is 0 Å². The zero-order valence-electron chi connectivity index (χ0n) is 29.1. The molecule has 0 saturated carbocycles. The molecule has 0 saturated heterocycles. The Labute approximate surface area is 301 Å². The van der Waals surface area contributed by atoms with E-state index in [0.29, 0.717) is 37.9 Å². The molecule has 0 bridgehead atoms. The van der Waals surface area contributed by atoms with Gasteiger partial charge < -0.3 is 37.1 Å². The molecular weight excluding hydrogens is 706 g/mol. The first kappa shape index (κ1) is 43.1. The first-order valence-electron chi connectivity index (χ1n) is 16.7. The van der Waals surface area contributed by atoms with Crippen LogP contribution >= 0.6 is 0 Å². The van der Waals surface area contributed by atoms with E-state index >= 15 is 0 Å². The second-order valence-corrected chi connectivity index (χ2v) is 14.0. The molecule has 2 rings (SSSR count). The maximum Gasteiger partial charge on any atom is 0.312 e. The zero-order valence-corrected chi connectivity index (χ0v) is 29.9. The van der Waals surface area contributed by atoms with E-state index in [0.717, 1.165) is 22.6 Å². The fourth-order valence-corrected chi connectivity index (χ4v) is 5.83. The van der Waals surface area contributed by atoms with E-state index in [1.807, 2.05) is 0 Å². The molecule has 1 aliphatic carbocycles. The second kappa shape index (κ2) is 21.3. The average molecular weight is 754 g/mol. The van der Waals surface area contributed by atoms with Crippen molar-refractivity contribution in [2.24, 2.45) is 11.7 Å². The number of hydrogen-bond donors (Lipinski definition) is 7. The fourth-order valence-electron chi connectivity index (χ4n) is 5.17. The summed E-state index contributed by atoms with van der Waals surface area (Å²) in [6, 6.07) is -5.04. The van der Waals surface area contributed by atoms with Gasteiger partial charge in [-0.25, -0.2) is 4.79 Å². The molecule has 0 fully saturated rings. The van der Waals surface area contributed by atoms with Crippen molar-refractivity contribution in [1.82, 2.24) is 31.5 Å². The second-order valence-electron chi connectivity index (χ2n) is 12.5. The molecule has 0 radical (unpaired) electrons. The van der Waals surface area contributed by atoms with Crippen LogP contribution in [-0.4, -0.2) is 109 Å². The number of nitrogens with zero attached hydrogens (tertiary/aromatic N) is 1. The number of nitrogens with one attached hydrogen (secondary N) is 5. The van der Waals surface area contributed by atoms with Crippen LogP contribution < -0.4 is 32.3 Å². The van der Waals surface area contributed by atoms with Crippen LogP contribution in [0.4, 0.5) is 4.79 Å². The number of unbranched alkanes of at least 4 members (excludes halogenated alkanes) is 2. The molecule has 20 heteroatoms. The largest absolute Gasteiger partial charge is 0.463 e. The van der Waals surface area contributed by atoms with Crippen LogP contribution in [-0.2, 0) is 48.4 Å². The maximum atomic E-state index is 13.5. The molecule has 0 aromatic carbocycles. The summed E-state index contributed by atoms with van der Waals surface area (Å²) in [7, 11) is -4.79. The summed E-state index contributed by atoms with van der Waals surface area (Å²) >= 11 is 0. The molecule has 0 spiro atoms. The summed E-state index contributed by atoms with van der Waals surface area (Å²) in [6.07, 6.45) is 7.78. The molecule has 1 aliphatic heterocycles.